The first kappa shape index (κ1) is 17.7. The van der Waals surface area contributed by atoms with Gasteiger partial charge in [-0.25, -0.2) is 0 Å². The van der Waals surface area contributed by atoms with Crippen LogP contribution < -0.4 is 16.1 Å². The van der Waals surface area contributed by atoms with Gasteiger partial charge in [-0.1, -0.05) is 38.1 Å². The van der Waals surface area contributed by atoms with Gasteiger partial charge in [0.15, 0.2) is 11.2 Å². The minimum Gasteiger partial charge on any atom is -0.464 e. The third-order valence-corrected chi connectivity index (χ3v) is 5.74. The van der Waals surface area contributed by atoms with E-state index >= 15 is 0 Å². The molecule has 0 spiro atoms. The van der Waals surface area contributed by atoms with Crippen molar-refractivity contribution in [2.45, 2.75) is 32.7 Å². The normalized spacial score (nSPS) is 20.3. The standard InChI is InChI=1S/C24H22N2O3/c1-24(2)11-18-21(19(27)12-24)22(26-17-9-5-4-8-16(17)25-18)15-13-29-20-10-6-3-7-14(20)23(15)28/h3-10,13,22,25-26H,11-12H2,1-2H3/t22-/m1/s1. The molecule has 1 aliphatic carbocycles. The third-order valence-electron chi connectivity index (χ3n) is 5.74. The van der Waals surface area contributed by atoms with Gasteiger partial charge in [0, 0.05) is 17.7 Å². The van der Waals surface area contributed by atoms with Gasteiger partial charge in [-0.3, -0.25) is 9.59 Å². The van der Waals surface area contributed by atoms with Crippen LogP contribution >= 0.6 is 0 Å². The highest BCUT2D eigenvalue weighted by Gasteiger charge is 2.39. The molecular formula is C24H22N2O3. The number of para-hydroxylation sites is 3. The summed E-state index contributed by atoms with van der Waals surface area (Å²) < 4.78 is 5.77. The van der Waals surface area contributed by atoms with Crippen molar-refractivity contribution in [3.63, 3.8) is 0 Å². The molecule has 5 nitrogen and oxygen atoms in total. The van der Waals surface area contributed by atoms with E-state index in [-0.39, 0.29) is 16.6 Å². The molecule has 0 fully saturated rings. The molecule has 2 N–H and O–H groups in total. The Hall–Kier alpha value is -3.34. The van der Waals surface area contributed by atoms with Crippen LogP contribution in [0.1, 0.15) is 38.3 Å². The zero-order valence-electron chi connectivity index (χ0n) is 16.4. The fourth-order valence-electron chi connectivity index (χ4n) is 4.41. The molecule has 5 rings (SSSR count). The van der Waals surface area contributed by atoms with Gasteiger partial charge in [-0.15, -0.1) is 0 Å². The van der Waals surface area contributed by atoms with Crippen molar-refractivity contribution in [2.24, 2.45) is 5.41 Å². The first-order valence-corrected chi connectivity index (χ1v) is 9.82. The number of fused-ring (bicyclic) bond motifs is 2. The number of carbonyl (C=O) groups is 1. The molecule has 0 radical (unpaired) electrons. The Morgan fingerprint density at radius 2 is 1.69 bits per heavy atom. The molecule has 3 aromatic rings. The summed E-state index contributed by atoms with van der Waals surface area (Å²) in [6.07, 6.45) is 2.67. The van der Waals surface area contributed by atoms with E-state index in [0.29, 0.717) is 28.5 Å². The summed E-state index contributed by atoms with van der Waals surface area (Å²) in [5.41, 5.74) is 3.99. The lowest BCUT2D eigenvalue weighted by molar-refractivity contribution is -0.118. The summed E-state index contributed by atoms with van der Waals surface area (Å²) in [6, 6.07) is 14.4. The van der Waals surface area contributed by atoms with Crippen molar-refractivity contribution >= 4 is 28.1 Å². The van der Waals surface area contributed by atoms with Crippen molar-refractivity contribution in [2.75, 3.05) is 10.6 Å². The maximum absolute atomic E-state index is 13.3. The number of anilines is 2. The van der Waals surface area contributed by atoms with Crippen LogP contribution in [0.15, 0.2) is 75.3 Å². The van der Waals surface area contributed by atoms with Crippen LogP contribution in [0.2, 0.25) is 0 Å². The number of hydrogen-bond donors (Lipinski definition) is 2. The Kier molecular flexibility index (Phi) is 3.88. The van der Waals surface area contributed by atoms with Gasteiger partial charge in [0.25, 0.3) is 0 Å². The largest absolute Gasteiger partial charge is 0.464 e. The average molecular weight is 386 g/mol. The Balaban J connectivity index is 1.75. The van der Waals surface area contributed by atoms with Gasteiger partial charge in [-0.05, 0) is 36.1 Å². The topological polar surface area (TPSA) is 71.3 Å². The molecule has 2 aliphatic rings. The van der Waals surface area contributed by atoms with E-state index in [2.05, 4.69) is 24.5 Å². The van der Waals surface area contributed by atoms with Crippen molar-refractivity contribution in [1.82, 2.24) is 0 Å². The summed E-state index contributed by atoms with van der Waals surface area (Å²) in [6.45, 7) is 4.19. The van der Waals surface area contributed by atoms with Crippen LogP contribution in [0.3, 0.4) is 0 Å². The number of rotatable bonds is 1. The van der Waals surface area contributed by atoms with Crippen LogP contribution in [0, 0.1) is 5.41 Å². The molecule has 0 amide bonds. The minimum absolute atomic E-state index is 0.0571. The van der Waals surface area contributed by atoms with Crippen LogP contribution in [-0.4, -0.2) is 5.78 Å². The van der Waals surface area contributed by atoms with E-state index in [9.17, 15) is 9.59 Å². The van der Waals surface area contributed by atoms with E-state index < -0.39 is 6.04 Å². The molecule has 0 bridgehead atoms. The Bertz CT molecular complexity index is 1240. The van der Waals surface area contributed by atoms with Crippen LogP contribution in [0.4, 0.5) is 11.4 Å². The number of carbonyl (C=O) groups excluding carboxylic acids is 1. The summed E-state index contributed by atoms with van der Waals surface area (Å²) in [5, 5.41) is 7.42. The highest BCUT2D eigenvalue weighted by molar-refractivity contribution is 6.01. The number of ketones is 1. The average Bonchev–Trinajstić information content (AvgIpc) is 2.84. The van der Waals surface area contributed by atoms with Crippen molar-refractivity contribution in [1.29, 1.82) is 0 Å². The van der Waals surface area contributed by atoms with E-state index in [4.69, 9.17) is 4.42 Å². The van der Waals surface area contributed by atoms with Gasteiger partial charge < -0.3 is 15.1 Å². The second kappa shape index (κ2) is 6.34. The lowest BCUT2D eigenvalue weighted by Crippen LogP contribution is -2.33. The zero-order valence-corrected chi connectivity index (χ0v) is 16.4. The summed E-state index contributed by atoms with van der Waals surface area (Å²) in [4.78, 5) is 26.5. The first-order chi connectivity index (χ1) is 13.9. The molecular weight excluding hydrogens is 364 g/mol. The highest BCUT2D eigenvalue weighted by atomic mass is 16.3. The minimum atomic E-state index is -0.564. The van der Waals surface area contributed by atoms with Gasteiger partial charge in [0.05, 0.1) is 28.4 Å². The fourth-order valence-corrected chi connectivity index (χ4v) is 4.41. The predicted molar refractivity (Wildman–Crippen MR) is 114 cm³/mol. The number of hydrogen-bond acceptors (Lipinski definition) is 5. The van der Waals surface area contributed by atoms with Crippen molar-refractivity contribution < 1.29 is 9.21 Å². The van der Waals surface area contributed by atoms with Gasteiger partial charge in [0.1, 0.15) is 11.8 Å². The second-order valence-electron chi connectivity index (χ2n) is 8.60. The monoisotopic (exact) mass is 386 g/mol. The van der Waals surface area contributed by atoms with Crippen molar-refractivity contribution in [3.05, 3.63) is 81.9 Å². The van der Waals surface area contributed by atoms with Crippen LogP contribution in [-0.2, 0) is 4.79 Å². The van der Waals surface area contributed by atoms with E-state index in [1.165, 1.54) is 6.26 Å². The predicted octanol–water partition coefficient (Wildman–Crippen LogP) is 5.01. The van der Waals surface area contributed by atoms with Gasteiger partial charge in [-0.2, -0.15) is 0 Å². The molecule has 0 saturated carbocycles. The molecule has 1 atom stereocenters. The van der Waals surface area contributed by atoms with Crippen LogP contribution in [0.5, 0.6) is 0 Å². The molecule has 0 unspecified atom stereocenters. The molecule has 2 aromatic carbocycles. The lowest BCUT2D eigenvalue weighted by atomic mass is 9.73. The summed E-state index contributed by atoms with van der Waals surface area (Å²) >= 11 is 0. The Labute approximate surface area is 168 Å². The maximum Gasteiger partial charge on any atom is 0.198 e. The third kappa shape index (κ3) is 2.94. The first-order valence-electron chi connectivity index (χ1n) is 9.82. The number of allylic oxidation sites excluding steroid dienone is 1. The molecule has 146 valence electrons. The maximum atomic E-state index is 13.3. The highest BCUT2D eigenvalue weighted by Crippen LogP contribution is 2.45. The zero-order chi connectivity index (χ0) is 20.2. The van der Waals surface area contributed by atoms with Crippen molar-refractivity contribution in [3.8, 4) is 0 Å². The SMILES string of the molecule is CC1(C)CC(=O)C2=C(C1)Nc1ccccc1N[C@@H]2c1coc2ccccc2c1=O. The Morgan fingerprint density at radius 3 is 2.52 bits per heavy atom. The van der Waals surface area contributed by atoms with E-state index in [1.54, 1.807) is 12.1 Å². The van der Waals surface area contributed by atoms with Gasteiger partial charge in [0.2, 0.25) is 0 Å². The molecule has 1 aromatic heterocycles. The number of benzene rings is 2. The lowest BCUT2D eigenvalue weighted by Gasteiger charge is -2.33. The fraction of sp³-hybridized carbons (Fsp3) is 0.250. The van der Waals surface area contributed by atoms with E-state index in [0.717, 1.165) is 23.5 Å². The molecule has 0 saturated heterocycles. The van der Waals surface area contributed by atoms with Gasteiger partial charge >= 0.3 is 0 Å². The van der Waals surface area contributed by atoms with E-state index in [1.807, 2.05) is 36.4 Å². The Morgan fingerprint density at radius 1 is 0.966 bits per heavy atom. The molecule has 29 heavy (non-hydrogen) atoms. The number of nitrogens with one attached hydrogen (secondary N) is 2. The molecule has 5 heteroatoms. The summed E-state index contributed by atoms with van der Waals surface area (Å²) in [5.74, 6) is 0.0571. The smallest absolute Gasteiger partial charge is 0.198 e. The summed E-state index contributed by atoms with van der Waals surface area (Å²) in [7, 11) is 0. The molecule has 2 heterocycles. The molecule has 1 aliphatic heterocycles. The quantitative estimate of drug-likeness (QED) is 0.615. The second-order valence-corrected chi connectivity index (χ2v) is 8.60. The van der Waals surface area contributed by atoms with Crippen LogP contribution in [0.25, 0.3) is 11.0 Å². The number of Topliss-reactive ketones (excluding diaryl/α,β-unsaturated/α-hetero) is 1.